The van der Waals surface area contributed by atoms with E-state index in [1.165, 1.54) is 0 Å². The topological polar surface area (TPSA) is 62.3 Å². The summed E-state index contributed by atoms with van der Waals surface area (Å²) >= 11 is 1.67. The van der Waals surface area contributed by atoms with E-state index in [1.807, 2.05) is 79.0 Å². The van der Waals surface area contributed by atoms with Crippen molar-refractivity contribution in [2.75, 3.05) is 0 Å². The highest BCUT2D eigenvalue weighted by atomic mass is 32.1. The van der Waals surface area contributed by atoms with E-state index < -0.39 is 0 Å². The van der Waals surface area contributed by atoms with E-state index >= 15 is 0 Å². The molecule has 0 radical (unpaired) electrons. The Hall–Kier alpha value is -4.29. The second-order valence-corrected chi connectivity index (χ2v) is 8.96. The Morgan fingerprint density at radius 1 is 0.545 bits per heavy atom. The van der Waals surface area contributed by atoms with Crippen LogP contribution in [0.2, 0.25) is 0 Å². The van der Waals surface area contributed by atoms with Crippen molar-refractivity contribution in [1.29, 1.82) is 0 Å². The molecule has 0 saturated carbocycles. The first kappa shape index (κ1) is 18.3. The number of aliphatic imine (C=N–C) groups is 4. The van der Waals surface area contributed by atoms with Gasteiger partial charge in [0.2, 0.25) is 0 Å². The lowest BCUT2D eigenvalue weighted by Crippen LogP contribution is -1.90. The number of hydrogen-bond acceptors (Lipinski definition) is 6. The van der Waals surface area contributed by atoms with E-state index in [1.54, 1.807) is 11.3 Å². The third kappa shape index (κ3) is 3.37. The Balaban J connectivity index is 1.39. The van der Waals surface area contributed by atoms with Gasteiger partial charge in [0.05, 0.1) is 55.9 Å². The number of nitrogens with zero attached hydrogens (tertiary/aromatic N) is 5. The van der Waals surface area contributed by atoms with Crippen molar-refractivity contribution in [1.82, 2.24) is 4.98 Å². The summed E-state index contributed by atoms with van der Waals surface area (Å²) in [4.78, 5) is 23.9. The quantitative estimate of drug-likeness (QED) is 0.559. The summed E-state index contributed by atoms with van der Waals surface area (Å²) in [6.07, 6.45) is 22.1. The van der Waals surface area contributed by atoms with Crippen LogP contribution in [-0.2, 0) is 0 Å². The minimum absolute atomic E-state index is 0.847. The van der Waals surface area contributed by atoms with Crippen molar-refractivity contribution < 1.29 is 0 Å². The Morgan fingerprint density at radius 2 is 1.15 bits per heavy atom. The third-order valence-corrected chi connectivity index (χ3v) is 6.63. The molecule has 1 aromatic carbocycles. The van der Waals surface area contributed by atoms with Crippen LogP contribution >= 0.6 is 11.3 Å². The summed E-state index contributed by atoms with van der Waals surface area (Å²) in [5.41, 5.74) is 8.90. The SMILES string of the molecule is C1=CC2=NC1=CC1=NC(=CC3=NC(=CC4=NC(=C2)C=C4)C(c2nc4ccccc4s2)=C3)C=C1. The maximum absolute atomic E-state index is 4.91. The predicted octanol–water partition coefficient (Wildman–Crippen LogP) is 5.72. The Kier molecular flexibility index (Phi) is 3.95. The second-order valence-electron chi connectivity index (χ2n) is 7.93. The van der Waals surface area contributed by atoms with Gasteiger partial charge in [-0.25, -0.2) is 25.0 Å². The lowest BCUT2D eigenvalue weighted by molar-refractivity contribution is 1.39. The van der Waals surface area contributed by atoms with Gasteiger partial charge in [-0.15, -0.1) is 11.3 Å². The number of hydrogen-bond donors (Lipinski definition) is 0. The standard InChI is InChI=1S/C27H15N5S/c1-2-4-26-24(3-1)32-27(33-26)23-14-22-13-20-8-7-18(29-20)11-16-5-6-17(28-16)12-19-9-10-21(30-19)15-25(23)31-22/h1-15H. The van der Waals surface area contributed by atoms with Gasteiger partial charge in [-0.1, -0.05) is 12.1 Å². The molecule has 5 aliphatic rings. The molecule has 0 aliphatic carbocycles. The fourth-order valence-electron chi connectivity index (χ4n) is 4.06. The normalized spacial score (nSPS) is 20.2. The predicted molar refractivity (Wildman–Crippen MR) is 137 cm³/mol. The first-order valence-corrected chi connectivity index (χ1v) is 11.4. The van der Waals surface area contributed by atoms with Gasteiger partial charge >= 0.3 is 0 Å². The molecule has 6 heterocycles. The lowest BCUT2D eigenvalue weighted by Gasteiger charge is -1.99. The van der Waals surface area contributed by atoms with E-state index in [9.17, 15) is 0 Å². The van der Waals surface area contributed by atoms with Gasteiger partial charge in [-0.2, -0.15) is 0 Å². The van der Waals surface area contributed by atoms with Crippen molar-refractivity contribution >= 4 is 50.0 Å². The van der Waals surface area contributed by atoms with Gasteiger partial charge in [0.15, 0.2) is 0 Å². The molecular formula is C27H15N5S. The van der Waals surface area contributed by atoms with E-state index in [4.69, 9.17) is 20.0 Å². The molecule has 0 atom stereocenters. The number of allylic oxidation sites excluding steroid dienone is 12. The van der Waals surface area contributed by atoms with Crippen molar-refractivity contribution in [3.63, 3.8) is 0 Å². The van der Waals surface area contributed by atoms with Crippen LogP contribution < -0.4 is 0 Å². The molecule has 0 spiro atoms. The Labute approximate surface area is 193 Å². The van der Waals surface area contributed by atoms with Crippen LogP contribution in [0.5, 0.6) is 0 Å². The van der Waals surface area contributed by atoms with Crippen molar-refractivity contribution in [2.45, 2.75) is 0 Å². The molecule has 154 valence electrons. The van der Waals surface area contributed by atoms with Gasteiger partial charge in [0, 0.05) is 5.57 Å². The zero-order chi connectivity index (χ0) is 21.8. The van der Waals surface area contributed by atoms with E-state index in [-0.39, 0.29) is 0 Å². The highest BCUT2D eigenvalue weighted by molar-refractivity contribution is 7.19. The number of fused-ring (bicyclic) bond motifs is 5. The summed E-state index contributed by atoms with van der Waals surface area (Å²) < 4.78 is 1.16. The maximum atomic E-state index is 4.91. The Morgan fingerprint density at radius 3 is 1.82 bits per heavy atom. The molecule has 0 amide bonds. The van der Waals surface area contributed by atoms with Gasteiger partial charge in [0.25, 0.3) is 0 Å². The first-order valence-electron chi connectivity index (χ1n) is 10.6. The number of benzene rings is 1. The highest BCUT2D eigenvalue weighted by Crippen LogP contribution is 2.35. The van der Waals surface area contributed by atoms with Crippen molar-refractivity contribution in [3.05, 3.63) is 119 Å². The summed E-state index contributed by atoms with van der Waals surface area (Å²) in [6.45, 7) is 0. The lowest BCUT2D eigenvalue weighted by atomic mass is 10.1. The van der Waals surface area contributed by atoms with Crippen molar-refractivity contribution in [3.8, 4) is 0 Å². The molecule has 0 fully saturated rings. The molecular weight excluding hydrogens is 426 g/mol. The zero-order valence-electron chi connectivity index (χ0n) is 17.3. The highest BCUT2D eigenvalue weighted by Gasteiger charge is 2.21. The monoisotopic (exact) mass is 441 g/mol. The fraction of sp³-hybridized carbons (Fsp3) is 0. The van der Waals surface area contributed by atoms with Gasteiger partial charge < -0.3 is 0 Å². The van der Waals surface area contributed by atoms with E-state index in [0.29, 0.717) is 0 Å². The zero-order valence-corrected chi connectivity index (χ0v) is 18.1. The van der Waals surface area contributed by atoms with E-state index in [0.717, 1.165) is 66.4 Å². The van der Waals surface area contributed by atoms with E-state index in [2.05, 4.69) is 17.1 Å². The third-order valence-electron chi connectivity index (χ3n) is 5.56. The number of para-hydroxylation sites is 1. The summed E-state index contributed by atoms with van der Waals surface area (Å²) in [6, 6.07) is 8.19. The molecule has 1 aromatic heterocycles. The van der Waals surface area contributed by atoms with Crippen LogP contribution in [0.1, 0.15) is 5.01 Å². The molecule has 0 saturated heterocycles. The molecule has 5 nitrogen and oxygen atoms in total. The number of aromatic nitrogens is 1. The molecule has 7 rings (SSSR count). The summed E-state index contributed by atoms with van der Waals surface area (Å²) in [7, 11) is 0. The average molecular weight is 442 g/mol. The smallest absolute Gasteiger partial charge is 0.126 e. The number of rotatable bonds is 1. The van der Waals surface area contributed by atoms with Crippen LogP contribution in [0.3, 0.4) is 0 Å². The Bertz CT molecular complexity index is 1600. The average Bonchev–Trinajstić information content (AvgIpc) is 3.61. The molecule has 8 bridgehead atoms. The van der Waals surface area contributed by atoms with Gasteiger partial charge in [0.1, 0.15) is 5.01 Å². The minimum Gasteiger partial charge on any atom is -0.249 e. The molecule has 6 heteroatoms. The van der Waals surface area contributed by atoms with Crippen LogP contribution in [0.4, 0.5) is 0 Å². The molecule has 2 aromatic rings. The fourth-order valence-corrected chi connectivity index (χ4v) is 5.05. The van der Waals surface area contributed by atoms with Crippen LogP contribution in [-0.4, -0.2) is 27.8 Å². The summed E-state index contributed by atoms with van der Waals surface area (Å²) in [5, 5.41) is 0.948. The summed E-state index contributed by atoms with van der Waals surface area (Å²) in [5.74, 6) is 0. The second kappa shape index (κ2) is 7.12. The number of thiazole rings is 1. The maximum Gasteiger partial charge on any atom is 0.126 e. The van der Waals surface area contributed by atoms with Crippen LogP contribution in [0, 0.1) is 0 Å². The molecule has 0 unspecified atom stereocenters. The molecule has 33 heavy (non-hydrogen) atoms. The minimum atomic E-state index is 0.847. The van der Waals surface area contributed by atoms with Crippen molar-refractivity contribution in [2.24, 2.45) is 20.0 Å². The van der Waals surface area contributed by atoms with Crippen LogP contribution in [0.15, 0.2) is 134 Å². The van der Waals surface area contributed by atoms with Gasteiger partial charge in [-0.3, -0.25) is 0 Å². The molecule has 5 aliphatic heterocycles. The van der Waals surface area contributed by atoms with Crippen LogP contribution in [0.25, 0.3) is 15.8 Å². The first-order chi connectivity index (χ1) is 16.2. The van der Waals surface area contributed by atoms with Gasteiger partial charge in [-0.05, 0) is 79.0 Å². The largest absolute Gasteiger partial charge is 0.249 e. The molecule has 0 N–H and O–H groups in total.